The summed E-state index contributed by atoms with van der Waals surface area (Å²) in [7, 11) is 0. The standard InChI is InChI=1S/C26H26N4O2/c1-19-15-22-5-2-3-6-24(22)30(19)18-25-23(11-14-32-25)26(31)27-16-20-7-9-21(10-8-20)17-29-13-4-12-28-29/h2-14,19H,15-18H2,1H3,(H,27,31). The molecule has 2 aromatic heterocycles. The van der Waals surface area contributed by atoms with Crippen molar-refractivity contribution in [3.8, 4) is 0 Å². The number of rotatable bonds is 7. The molecule has 3 heterocycles. The van der Waals surface area contributed by atoms with Crippen LogP contribution in [0.1, 0.15) is 39.7 Å². The van der Waals surface area contributed by atoms with Crippen molar-refractivity contribution in [1.82, 2.24) is 15.1 Å². The molecule has 0 spiro atoms. The summed E-state index contributed by atoms with van der Waals surface area (Å²) in [4.78, 5) is 15.2. The maximum atomic E-state index is 12.9. The fraction of sp³-hybridized carbons (Fsp3) is 0.231. The van der Waals surface area contributed by atoms with E-state index in [0.29, 0.717) is 30.5 Å². The summed E-state index contributed by atoms with van der Waals surface area (Å²) in [5, 5.41) is 7.26. The Morgan fingerprint density at radius 3 is 2.69 bits per heavy atom. The molecular weight excluding hydrogens is 400 g/mol. The Balaban J connectivity index is 1.21. The Morgan fingerprint density at radius 1 is 1.06 bits per heavy atom. The second kappa shape index (κ2) is 8.75. The zero-order valence-electron chi connectivity index (χ0n) is 18.1. The van der Waals surface area contributed by atoms with Crippen LogP contribution in [0.2, 0.25) is 0 Å². The van der Waals surface area contributed by atoms with Gasteiger partial charge in [0.1, 0.15) is 5.76 Å². The first kappa shape index (κ1) is 20.1. The van der Waals surface area contributed by atoms with Crippen LogP contribution in [0.5, 0.6) is 0 Å². The number of para-hydroxylation sites is 1. The third kappa shape index (κ3) is 4.17. The van der Waals surface area contributed by atoms with Crippen LogP contribution in [0.25, 0.3) is 0 Å². The van der Waals surface area contributed by atoms with Gasteiger partial charge in [0, 0.05) is 30.7 Å². The number of furan rings is 1. The molecule has 5 rings (SSSR count). The summed E-state index contributed by atoms with van der Waals surface area (Å²) in [5.41, 5.74) is 5.37. The first-order valence-electron chi connectivity index (χ1n) is 10.9. The van der Waals surface area contributed by atoms with Crippen molar-refractivity contribution in [1.29, 1.82) is 0 Å². The molecule has 0 bridgehead atoms. The summed E-state index contributed by atoms with van der Waals surface area (Å²) in [5.74, 6) is 0.579. The molecule has 0 fully saturated rings. The molecule has 1 amide bonds. The summed E-state index contributed by atoms with van der Waals surface area (Å²) in [6.45, 7) is 3.99. The Bertz CT molecular complexity index is 1190. The third-order valence-electron chi connectivity index (χ3n) is 6.03. The predicted octanol–water partition coefficient (Wildman–Crippen LogP) is 4.41. The molecule has 32 heavy (non-hydrogen) atoms. The van der Waals surface area contributed by atoms with Gasteiger partial charge in [-0.15, -0.1) is 0 Å². The topological polar surface area (TPSA) is 63.3 Å². The Kier molecular flexibility index (Phi) is 5.50. The highest BCUT2D eigenvalue weighted by molar-refractivity contribution is 5.95. The molecule has 6 heteroatoms. The minimum absolute atomic E-state index is 0.116. The summed E-state index contributed by atoms with van der Waals surface area (Å²) < 4.78 is 7.60. The number of nitrogens with zero attached hydrogens (tertiary/aromatic N) is 3. The highest BCUT2D eigenvalue weighted by Crippen LogP contribution is 2.33. The zero-order valence-corrected chi connectivity index (χ0v) is 18.1. The van der Waals surface area contributed by atoms with E-state index in [1.54, 1.807) is 18.5 Å². The van der Waals surface area contributed by atoms with Crippen molar-refractivity contribution in [2.45, 2.75) is 39.0 Å². The molecule has 1 unspecified atom stereocenters. The van der Waals surface area contributed by atoms with Gasteiger partial charge in [0.15, 0.2) is 0 Å². The Morgan fingerprint density at radius 2 is 1.88 bits per heavy atom. The number of benzene rings is 2. The molecule has 0 aliphatic carbocycles. The summed E-state index contributed by atoms with van der Waals surface area (Å²) in [6, 6.07) is 20.7. The van der Waals surface area contributed by atoms with Crippen molar-refractivity contribution < 1.29 is 9.21 Å². The zero-order chi connectivity index (χ0) is 21.9. The smallest absolute Gasteiger partial charge is 0.255 e. The van der Waals surface area contributed by atoms with Gasteiger partial charge >= 0.3 is 0 Å². The Labute approximate surface area is 187 Å². The van der Waals surface area contributed by atoms with Gasteiger partial charge in [-0.25, -0.2) is 0 Å². The lowest BCUT2D eigenvalue weighted by Crippen LogP contribution is -2.30. The normalized spacial score (nSPS) is 15.0. The number of fused-ring (bicyclic) bond motifs is 1. The second-order valence-corrected chi connectivity index (χ2v) is 8.27. The van der Waals surface area contributed by atoms with Gasteiger partial charge in [-0.2, -0.15) is 5.10 Å². The van der Waals surface area contributed by atoms with Crippen molar-refractivity contribution in [3.05, 3.63) is 107 Å². The van der Waals surface area contributed by atoms with Crippen molar-refractivity contribution in [3.63, 3.8) is 0 Å². The molecule has 1 atom stereocenters. The monoisotopic (exact) mass is 426 g/mol. The number of anilines is 1. The first-order valence-corrected chi connectivity index (χ1v) is 10.9. The lowest BCUT2D eigenvalue weighted by Gasteiger charge is -2.24. The van der Waals surface area contributed by atoms with Gasteiger partial charge in [0.25, 0.3) is 5.91 Å². The third-order valence-corrected chi connectivity index (χ3v) is 6.03. The molecule has 0 saturated heterocycles. The van der Waals surface area contributed by atoms with Crippen molar-refractivity contribution >= 4 is 11.6 Å². The number of hydrogen-bond donors (Lipinski definition) is 1. The van der Waals surface area contributed by atoms with E-state index in [2.05, 4.69) is 58.6 Å². The summed E-state index contributed by atoms with van der Waals surface area (Å²) in [6.07, 6.45) is 6.32. The molecule has 4 aromatic rings. The number of carbonyl (C=O) groups is 1. The first-order chi connectivity index (χ1) is 15.7. The minimum Gasteiger partial charge on any atom is -0.467 e. The molecule has 162 valence electrons. The highest BCUT2D eigenvalue weighted by atomic mass is 16.3. The lowest BCUT2D eigenvalue weighted by molar-refractivity contribution is 0.0949. The molecule has 1 N–H and O–H groups in total. The van der Waals surface area contributed by atoms with E-state index in [9.17, 15) is 4.79 Å². The highest BCUT2D eigenvalue weighted by Gasteiger charge is 2.27. The van der Waals surface area contributed by atoms with Crippen LogP contribution in [0, 0.1) is 0 Å². The lowest BCUT2D eigenvalue weighted by atomic mass is 10.1. The van der Waals surface area contributed by atoms with Crippen LogP contribution in [-0.2, 0) is 26.1 Å². The molecule has 2 aromatic carbocycles. The van der Waals surface area contributed by atoms with Crippen LogP contribution >= 0.6 is 0 Å². The van der Waals surface area contributed by atoms with Gasteiger partial charge < -0.3 is 14.6 Å². The van der Waals surface area contributed by atoms with E-state index in [0.717, 1.165) is 18.5 Å². The van der Waals surface area contributed by atoms with Crippen LogP contribution in [-0.4, -0.2) is 21.7 Å². The van der Waals surface area contributed by atoms with Gasteiger partial charge in [-0.1, -0.05) is 42.5 Å². The predicted molar refractivity (Wildman–Crippen MR) is 123 cm³/mol. The van der Waals surface area contributed by atoms with E-state index in [1.807, 2.05) is 29.1 Å². The maximum absolute atomic E-state index is 12.9. The average molecular weight is 427 g/mol. The number of aromatic nitrogens is 2. The number of nitrogens with one attached hydrogen (secondary N) is 1. The van der Waals surface area contributed by atoms with Gasteiger partial charge in [0.2, 0.25) is 0 Å². The Hall–Kier alpha value is -3.80. The molecule has 0 saturated carbocycles. The largest absolute Gasteiger partial charge is 0.467 e. The van der Waals surface area contributed by atoms with Crippen LogP contribution < -0.4 is 10.2 Å². The van der Waals surface area contributed by atoms with Gasteiger partial charge in [-0.05, 0) is 48.2 Å². The van der Waals surface area contributed by atoms with Gasteiger partial charge in [0.05, 0.1) is 24.9 Å². The van der Waals surface area contributed by atoms with Crippen LogP contribution in [0.3, 0.4) is 0 Å². The molecule has 6 nitrogen and oxygen atoms in total. The molecule has 1 aliphatic heterocycles. The maximum Gasteiger partial charge on any atom is 0.255 e. The van der Waals surface area contributed by atoms with E-state index >= 15 is 0 Å². The number of hydrogen-bond acceptors (Lipinski definition) is 4. The van der Waals surface area contributed by atoms with E-state index in [4.69, 9.17) is 4.42 Å². The van der Waals surface area contributed by atoms with Crippen molar-refractivity contribution in [2.24, 2.45) is 0 Å². The molecule has 0 radical (unpaired) electrons. The van der Waals surface area contributed by atoms with Crippen LogP contribution in [0.15, 0.2) is 83.7 Å². The summed E-state index contributed by atoms with van der Waals surface area (Å²) >= 11 is 0. The van der Waals surface area contributed by atoms with E-state index < -0.39 is 0 Å². The number of amides is 1. The minimum atomic E-state index is -0.116. The van der Waals surface area contributed by atoms with E-state index in [1.165, 1.54) is 16.8 Å². The average Bonchev–Trinajstić information content (AvgIpc) is 3.55. The van der Waals surface area contributed by atoms with Crippen LogP contribution in [0.4, 0.5) is 5.69 Å². The van der Waals surface area contributed by atoms with Crippen molar-refractivity contribution in [2.75, 3.05) is 4.90 Å². The van der Waals surface area contributed by atoms with Gasteiger partial charge in [-0.3, -0.25) is 9.48 Å². The quantitative estimate of drug-likeness (QED) is 0.476. The second-order valence-electron chi connectivity index (χ2n) is 8.27. The van der Waals surface area contributed by atoms with E-state index in [-0.39, 0.29) is 5.91 Å². The molecule has 1 aliphatic rings. The fourth-order valence-electron chi connectivity index (χ4n) is 4.31. The SMILES string of the molecule is CC1Cc2ccccc2N1Cc1occc1C(=O)NCc1ccc(Cn2cccn2)cc1. The molecular formula is C26H26N4O2. The fourth-order valence-corrected chi connectivity index (χ4v) is 4.31. The number of carbonyl (C=O) groups excluding carboxylic acids is 1.